The minimum absolute atomic E-state index is 0.0920. The lowest BCUT2D eigenvalue weighted by molar-refractivity contribution is -0.119. The topological polar surface area (TPSA) is 84.5 Å². The molecule has 1 aromatic carbocycles. The normalized spacial score (nSPS) is 19.3. The molecular weight excluding hydrogens is 268 g/mol. The van der Waals surface area contributed by atoms with E-state index in [1.165, 1.54) is 7.11 Å². The molecule has 0 spiro atoms. The molecule has 1 aliphatic heterocycles. The lowest BCUT2D eigenvalue weighted by Crippen LogP contribution is -2.36. The number of hydrogen-bond acceptors (Lipinski definition) is 4. The van der Waals surface area contributed by atoms with Crippen LogP contribution in [0.3, 0.4) is 0 Å². The van der Waals surface area contributed by atoms with Gasteiger partial charge in [-0.1, -0.05) is 6.07 Å². The van der Waals surface area contributed by atoms with E-state index in [9.17, 15) is 13.2 Å². The maximum absolute atomic E-state index is 12.3. The maximum Gasteiger partial charge on any atom is 0.244 e. The Bertz CT molecular complexity index is 598. The van der Waals surface area contributed by atoms with Crippen LogP contribution in [0.5, 0.6) is 5.75 Å². The molecule has 1 aromatic rings. The summed E-state index contributed by atoms with van der Waals surface area (Å²) in [4.78, 5) is 11.2. The second kappa shape index (κ2) is 5.18. The van der Waals surface area contributed by atoms with Crippen LogP contribution in [0.1, 0.15) is 12.0 Å². The van der Waals surface area contributed by atoms with E-state index in [1.807, 2.05) is 0 Å². The van der Waals surface area contributed by atoms with Crippen molar-refractivity contribution in [3.05, 3.63) is 23.8 Å². The predicted molar refractivity (Wildman–Crippen MR) is 69.5 cm³/mol. The molecule has 1 unspecified atom stereocenters. The molecule has 0 aromatic heterocycles. The van der Waals surface area contributed by atoms with Gasteiger partial charge in [0.05, 0.1) is 7.11 Å². The summed E-state index contributed by atoms with van der Waals surface area (Å²) in [6.45, 7) is 2.12. The summed E-state index contributed by atoms with van der Waals surface area (Å²) in [7, 11) is -2.28. The number of nitrogens with one attached hydrogen (secondary N) is 2. The summed E-state index contributed by atoms with van der Waals surface area (Å²) >= 11 is 0. The van der Waals surface area contributed by atoms with E-state index < -0.39 is 16.1 Å². The number of methoxy groups -OCH3 is 1. The fraction of sp³-hybridized carbons (Fsp3) is 0.417. The third-order valence-electron chi connectivity index (χ3n) is 2.91. The second-order valence-corrected chi connectivity index (χ2v) is 6.16. The Balaban J connectivity index is 2.28. The molecule has 1 atom stereocenters. The van der Waals surface area contributed by atoms with Gasteiger partial charge < -0.3 is 10.1 Å². The average Bonchev–Trinajstić information content (AvgIpc) is 2.74. The van der Waals surface area contributed by atoms with Crippen molar-refractivity contribution < 1.29 is 17.9 Å². The van der Waals surface area contributed by atoms with Gasteiger partial charge in [0.25, 0.3) is 0 Å². The van der Waals surface area contributed by atoms with E-state index >= 15 is 0 Å². The second-order valence-electron chi connectivity index (χ2n) is 4.48. The molecule has 1 heterocycles. The van der Waals surface area contributed by atoms with Gasteiger partial charge in [0.1, 0.15) is 10.6 Å². The van der Waals surface area contributed by atoms with Gasteiger partial charge in [-0.3, -0.25) is 4.79 Å². The quantitative estimate of drug-likeness (QED) is 0.825. The Morgan fingerprint density at radius 1 is 1.42 bits per heavy atom. The SMILES string of the molecule is COc1ccc(C)cc1S(=O)(=O)NC1CNC(=O)C1. The van der Waals surface area contributed by atoms with Crippen molar-refractivity contribution in [1.82, 2.24) is 10.0 Å². The van der Waals surface area contributed by atoms with Crippen molar-refractivity contribution in [2.24, 2.45) is 0 Å². The Morgan fingerprint density at radius 3 is 2.74 bits per heavy atom. The van der Waals surface area contributed by atoms with E-state index in [1.54, 1.807) is 25.1 Å². The van der Waals surface area contributed by atoms with Crippen LogP contribution in [0.15, 0.2) is 23.1 Å². The lowest BCUT2D eigenvalue weighted by Gasteiger charge is -2.14. The molecule has 1 amide bonds. The number of aryl methyl sites for hydroxylation is 1. The van der Waals surface area contributed by atoms with E-state index in [2.05, 4.69) is 10.0 Å². The Kier molecular flexibility index (Phi) is 3.77. The summed E-state index contributed by atoms with van der Waals surface area (Å²) in [5.41, 5.74) is 0.821. The van der Waals surface area contributed by atoms with Crippen molar-refractivity contribution in [2.45, 2.75) is 24.3 Å². The fourth-order valence-corrected chi connectivity index (χ4v) is 3.46. The number of carbonyl (C=O) groups is 1. The van der Waals surface area contributed by atoms with E-state index in [-0.39, 0.29) is 23.0 Å². The Labute approximate surface area is 112 Å². The van der Waals surface area contributed by atoms with Gasteiger partial charge in [0.15, 0.2) is 0 Å². The zero-order valence-electron chi connectivity index (χ0n) is 10.8. The van der Waals surface area contributed by atoms with Crippen molar-refractivity contribution in [3.8, 4) is 5.75 Å². The molecular formula is C12H16N2O4S. The molecule has 2 rings (SSSR count). The molecule has 6 nitrogen and oxygen atoms in total. The van der Waals surface area contributed by atoms with E-state index in [0.29, 0.717) is 6.54 Å². The van der Waals surface area contributed by atoms with Crippen molar-refractivity contribution in [2.75, 3.05) is 13.7 Å². The fourth-order valence-electron chi connectivity index (χ4n) is 1.97. The Morgan fingerprint density at radius 2 is 2.16 bits per heavy atom. The largest absolute Gasteiger partial charge is 0.495 e. The zero-order valence-corrected chi connectivity index (χ0v) is 11.6. The third kappa shape index (κ3) is 3.05. The van der Waals surface area contributed by atoms with E-state index in [4.69, 9.17) is 4.74 Å². The number of sulfonamides is 1. The van der Waals surface area contributed by atoms with Crippen LogP contribution in [0, 0.1) is 6.92 Å². The first-order valence-electron chi connectivity index (χ1n) is 5.86. The highest BCUT2D eigenvalue weighted by Crippen LogP contribution is 2.25. The molecule has 0 radical (unpaired) electrons. The van der Waals surface area contributed by atoms with Crippen LogP contribution < -0.4 is 14.8 Å². The van der Waals surface area contributed by atoms with Gasteiger partial charge in [0.2, 0.25) is 15.9 Å². The molecule has 7 heteroatoms. The molecule has 1 fully saturated rings. The van der Waals surface area contributed by atoms with Crippen LogP contribution in [-0.4, -0.2) is 34.0 Å². The van der Waals surface area contributed by atoms with Crippen molar-refractivity contribution in [3.63, 3.8) is 0 Å². The molecule has 0 bridgehead atoms. The summed E-state index contributed by atoms with van der Waals surface area (Å²) < 4.78 is 32.2. The van der Waals surface area contributed by atoms with Gasteiger partial charge in [-0.2, -0.15) is 0 Å². The number of rotatable bonds is 4. The minimum atomic E-state index is -3.70. The third-order valence-corrected chi connectivity index (χ3v) is 4.45. The predicted octanol–water partition coefficient (Wildman–Crippen LogP) is 0.170. The monoisotopic (exact) mass is 284 g/mol. The van der Waals surface area contributed by atoms with Gasteiger partial charge in [-0.25, -0.2) is 13.1 Å². The molecule has 2 N–H and O–H groups in total. The highest BCUT2D eigenvalue weighted by atomic mass is 32.2. The van der Waals surface area contributed by atoms with Crippen molar-refractivity contribution in [1.29, 1.82) is 0 Å². The van der Waals surface area contributed by atoms with Crippen LogP contribution in [0.25, 0.3) is 0 Å². The van der Waals surface area contributed by atoms with Crippen LogP contribution in [0.2, 0.25) is 0 Å². The number of carbonyl (C=O) groups excluding carboxylic acids is 1. The highest BCUT2D eigenvalue weighted by molar-refractivity contribution is 7.89. The molecule has 19 heavy (non-hydrogen) atoms. The summed E-state index contributed by atoms with van der Waals surface area (Å²) in [5, 5.41) is 2.59. The number of ether oxygens (including phenoxy) is 1. The average molecular weight is 284 g/mol. The maximum atomic E-state index is 12.3. The molecule has 1 aliphatic rings. The van der Waals surface area contributed by atoms with Gasteiger partial charge in [-0.15, -0.1) is 0 Å². The first kappa shape index (κ1) is 13.8. The van der Waals surface area contributed by atoms with Crippen LogP contribution >= 0.6 is 0 Å². The minimum Gasteiger partial charge on any atom is -0.495 e. The number of hydrogen-bond donors (Lipinski definition) is 2. The van der Waals surface area contributed by atoms with Crippen molar-refractivity contribution >= 4 is 15.9 Å². The summed E-state index contributed by atoms with van der Waals surface area (Å²) in [6, 6.07) is 4.52. The van der Waals surface area contributed by atoms with Gasteiger partial charge in [0, 0.05) is 19.0 Å². The molecule has 104 valence electrons. The molecule has 0 saturated carbocycles. The zero-order chi connectivity index (χ0) is 14.0. The first-order valence-corrected chi connectivity index (χ1v) is 7.34. The first-order chi connectivity index (χ1) is 8.92. The lowest BCUT2D eigenvalue weighted by atomic mass is 10.2. The van der Waals surface area contributed by atoms with Crippen LogP contribution in [-0.2, 0) is 14.8 Å². The smallest absolute Gasteiger partial charge is 0.244 e. The standard InChI is InChI=1S/C12H16N2O4S/c1-8-3-4-10(18-2)11(5-8)19(16,17)14-9-6-12(15)13-7-9/h3-5,9,14H,6-7H2,1-2H3,(H,13,15). The Hall–Kier alpha value is -1.60. The molecule has 1 saturated heterocycles. The van der Waals surface area contributed by atoms with Gasteiger partial charge >= 0.3 is 0 Å². The number of benzene rings is 1. The molecule has 0 aliphatic carbocycles. The summed E-state index contributed by atoms with van der Waals surface area (Å²) in [6.07, 6.45) is 0.160. The van der Waals surface area contributed by atoms with Gasteiger partial charge in [-0.05, 0) is 24.6 Å². The number of amides is 1. The van der Waals surface area contributed by atoms with Crippen LogP contribution in [0.4, 0.5) is 0 Å². The van der Waals surface area contributed by atoms with E-state index in [0.717, 1.165) is 5.56 Å². The summed E-state index contributed by atoms with van der Waals surface area (Å²) in [5.74, 6) is 0.138. The highest BCUT2D eigenvalue weighted by Gasteiger charge is 2.28.